The number of amides is 3. The van der Waals surface area contributed by atoms with Gasteiger partial charge in [0.1, 0.15) is 5.54 Å². The zero-order valence-corrected chi connectivity index (χ0v) is 16.3. The van der Waals surface area contributed by atoms with Crippen molar-refractivity contribution in [3.63, 3.8) is 0 Å². The van der Waals surface area contributed by atoms with Crippen LogP contribution in [-0.2, 0) is 4.79 Å². The molecule has 0 aliphatic carbocycles. The molecule has 0 unspecified atom stereocenters. The molecular formula is C19H29ClN4O2. The number of anilines is 1. The topological polar surface area (TPSA) is 73.5 Å². The summed E-state index contributed by atoms with van der Waals surface area (Å²) in [6.45, 7) is 7.22. The number of hydrogen-bond donors (Lipinski definition) is 3. The first-order valence-corrected chi connectivity index (χ1v) is 9.05. The molecule has 1 aromatic carbocycles. The lowest BCUT2D eigenvalue weighted by Gasteiger charge is -2.41. The number of nitrogens with zero attached hydrogens (tertiary/aromatic N) is 1. The Morgan fingerprint density at radius 2 is 1.77 bits per heavy atom. The van der Waals surface area contributed by atoms with Gasteiger partial charge in [0.05, 0.1) is 0 Å². The van der Waals surface area contributed by atoms with E-state index in [2.05, 4.69) is 16.0 Å². The van der Waals surface area contributed by atoms with E-state index in [1.54, 1.807) is 13.8 Å². The van der Waals surface area contributed by atoms with E-state index < -0.39 is 5.54 Å². The van der Waals surface area contributed by atoms with Crippen molar-refractivity contribution in [1.82, 2.24) is 15.5 Å². The number of benzene rings is 1. The second kappa shape index (κ2) is 8.27. The van der Waals surface area contributed by atoms with Crippen LogP contribution in [0.25, 0.3) is 0 Å². The van der Waals surface area contributed by atoms with Crippen molar-refractivity contribution in [1.29, 1.82) is 0 Å². The summed E-state index contributed by atoms with van der Waals surface area (Å²) in [5.74, 6) is -0.0171. The van der Waals surface area contributed by atoms with E-state index >= 15 is 0 Å². The summed E-state index contributed by atoms with van der Waals surface area (Å²) in [5, 5.41) is 9.01. The Kier molecular flexibility index (Phi) is 6.53. The Balaban J connectivity index is 0.00000243. The number of halogens is 1. The molecule has 26 heavy (non-hydrogen) atoms. The predicted octanol–water partition coefficient (Wildman–Crippen LogP) is 2.61. The van der Waals surface area contributed by atoms with Gasteiger partial charge in [0.15, 0.2) is 0 Å². The molecule has 0 bridgehead atoms. The molecule has 0 atom stereocenters. The van der Waals surface area contributed by atoms with E-state index in [4.69, 9.17) is 0 Å². The smallest absolute Gasteiger partial charge is 0.320 e. The normalized spacial score (nSPS) is 18.9. The number of likely N-dealkylation sites (tertiary alicyclic amines) is 1. The van der Waals surface area contributed by atoms with Crippen molar-refractivity contribution in [2.45, 2.75) is 38.6 Å². The number of carbonyl (C=O) groups excluding carboxylic acids is 2. The molecule has 1 spiro atoms. The van der Waals surface area contributed by atoms with Crippen LogP contribution in [0.4, 0.5) is 10.5 Å². The third-order valence-corrected chi connectivity index (χ3v) is 5.44. The maximum Gasteiger partial charge on any atom is 0.320 e. The van der Waals surface area contributed by atoms with Gasteiger partial charge < -0.3 is 20.9 Å². The molecule has 3 rings (SSSR count). The van der Waals surface area contributed by atoms with Gasteiger partial charge in [-0.05, 0) is 57.2 Å². The first-order chi connectivity index (χ1) is 11.9. The summed E-state index contributed by atoms with van der Waals surface area (Å²) in [7, 11) is 0. The van der Waals surface area contributed by atoms with Crippen LogP contribution in [0.15, 0.2) is 30.3 Å². The summed E-state index contributed by atoms with van der Waals surface area (Å²) in [5.41, 5.74) is 0.146. The molecule has 0 aromatic heterocycles. The van der Waals surface area contributed by atoms with Gasteiger partial charge in [-0.25, -0.2) is 4.79 Å². The number of rotatable bonds is 3. The van der Waals surface area contributed by atoms with Crippen LogP contribution in [0, 0.1) is 5.41 Å². The maximum absolute atomic E-state index is 12.9. The highest BCUT2D eigenvalue weighted by Gasteiger charge is 2.41. The van der Waals surface area contributed by atoms with E-state index in [0.717, 1.165) is 39.0 Å². The number of hydrogen-bond acceptors (Lipinski definition) is 3. The van der Waals surface area contributed by atoms with E-state index in [1.165, 1.54) is 6.42 Å². The van der Waals surface area contributed by atoms with Crippen molar-refractivity contribution in [2.24, 2.45) is 5.41 Å². The fourth-order valence-electron chi connectivity index (χ4n) is 3.82. The third-order valence-electron chi connectivity index (χ3n) is 5.44. The molecule has 3 amide bonds. The number of piperidine rings is 1. The van der Waals surface area contributed by atoms with Gasteiger partial charge in [-0.3, -0.25) is 4.79 Å². The monoisotopic (exact) mass is 380 g/mol. The minimum atomic E-state index is -0.933. The summed E-state index contributed by atoms with van der Waals surface area (Å²) < 4.78 is 0. The van der Waals surface area contributed by atoms with Crippen LogP contribution in [0.3, 0.4) is 0 Å². The Hall–Kier alpha value is -1.79. The second-order valence-corrected chi connectivity index (χ2v) is 7.79. The van der Waals surface area contributed by atoms with E-state index in [-0.39, 0.29) is 24.3 Å². The van der Waals surface area contributed by atoms with Crippen LogP contribution in [-0.4, -0.2) is 48.6 Å². The first-order valence-electron chi connectivity index (χ1n) is 9.05. The predicted molar refractivity (Wildman–Crippen MR) is 106 cm³/mol. The lowest BCUT2D eigenvalue weighted by molar-refractivity contribution is -0.138. The molecule has 0 saturated carbocycles. The van der Waals surface area contributed by atoms with Gasteiger partial charge in [0.2, 0.25) is 5.91 Å². The lowest BCUT2D eigenvalue weighted by atomic mass is 9.77. The van der Waals surface area contributed by atoms with Crippen molar-refractivity contribution in [3.05, 3.63) is 30.3 Å². The molecule has 7 heteroatoms. The molecule has 2 heterocycles. The molecule has 2 saturated heterocycles. The molecule has 6 nitrogen and oxygen atoms in total. The summed E-state index contributed by atoms with van der Waals surface area (Å²) in [6.07, 6.45) is 3.28. The number of nitrogens with one attached hydrogen (secondary N) is 3. The van der Waals surface area contributed by atoms with Crippen LogP contribution in [0.5, 0.6) is 0 Å². The Morgan fingerprint density at radius 1 is 1.12 bits per heavy atom. The highest BCUT2D eigenvalue weighted by atomic mass is 35.5. The molecule has 2 aliphatic heterocycles. The minimum Gasteiger partial charge on any atom is -0.341 e. The molecule has 144 valence electrons. The summed E-state index contributed by atoms with van der Waals surface area (Å²) >= 11 is 0. The number of para-hydroxylation sites is 1. The average molecular weight is 381 g/mol. The summed E-state index contributed by atoms with van der Waals surface area (Å²) in [4.78, 5) is 27.0. The Bertz CT molecular complexity index is 620. The van der Waals surface area contributed by atoms with E-state index in [0.29, 0.717) is 11.1 Å². The van der Waals surface area contributed by atoms with Crippen molar-refractivity contribution < 1.29 is 9.59 Å². The molecular weight excluding hydrogens is 352 g/mol. The highest BCUT2D eigenvalue weighted by Crippen LogP contribution is 2.37. The number of urea groups is 1. The van der Waals surface area contributed by atoms with Gasteiger partial charge in [-0.2, -0.15) is 0 Å². The molecule has 1 aromatic rings. The largest absolute Gasteiger partial charge is 0.341 e. The maximum atomic E-state index is 12.9. The minimum absolute atomic E-state index is 0. The summed E-state index contributed by atoms with van der Waals surface area (Å²) in [6, 6.07) is 8.86. The van der Waals surface area contributed by atoms with E-state index in [1.807, 2.05) is 35.2 Å². The third kappa shape index (κ3) is 4.68. The van der Waals surface area contributed by atoms with Gasteiger partial charge in [0.25, 0.3) is 0 Å². The zero-order chi connectivity index (χ0) is 17.9. The molecule has 3 N–H and O–H groups in total. The Labute approximate surface area is 161 Å². The van der Waals surface area contributed by atoms with Gasteiger partial charge >= 0.3 is 6.03 Å². The van der Waals surface area contributed by atoms with Crippen molar-refractivity contribution in [2.75, 3.05) is 31.5 Å². The quantitative estimate of drug-likeness (QED) is 0.754. The molecule has 0 radical (unpaired) electrons. The lowest BCUT2D eigenvalue weighted by Crippen LogP contribution is -2.58. The standard InChI is InChI=1S/C19H28N4O2.ClH/c1-18(2,22-17(25)21-15-6-4-3-5-7-15)16(24)23-12-9-19(10-13-23)8-11-20-14-19;/h3-7,20H,8-14H2,1-2H3,(H2,21,22,25);1H. The van der Waals surface area contributed by atoms with Gasteiger partial charge in [-0.15, -0.1) is 12.4 Å². The fourth-order valence-corrected chi connectivity index (χ4v) is 3.82. The molecule has 2 aliphatic rings. The van der Waals surface area contributed by atoms with Crippen LogP contribution < -0.4 is 16.0 Å². The van der Waals surface area contributed by atoms with Crippen LogP contribution in [0.1, 0.15) is 33.1 Å². The highest BCUT2D eigenvalue weighted by molar-refractivity contribution is 5.95. The first kappa shape index (κ1) is 20.5. The van der Waals surface area contributed by atoms with E-state index in [9.17, 15) is 9.59 Å². The SMILES string of the molecule is CC(C)(NC(=O)Nc1ccccc1)C(=O)N1CCC2(CCNC2)CC1.Cl. The van der Waals surface area contributed by atoms with Gasteiger partial charge in [-0.1, -0.05) is 18.2 Å². The van der Waals surface area contributed by atoms with Crippen LogP contribution >= 0.6 is 12.4 Å². The van der Waals surface area contributed by atoms with Gasteiger partial charge in [0, 0.05) is 25.3 Å². The number of carbonyl (C=O) groups is 2. The molecule has 2 fully saturated rings. The fraction of sp³-hybridized carbons (Fsp3) is 0.579. The second-order valence-electron chi connectivity index (χ2n) is 7.79. The van der Waals surface area contributed by atoms with Crippen molar-refractivity contribution in [3.8, 4) is 0 Å². The zero-order valence-electron chi connectivity index (χ0n) is 15.5. The average Bonchev–Trinajstić information content (AvgIpc) is 3.03. The Morgan fingerprint density at radius 3 is 2.35 bits per heavy atom. The van der Waals surface area contributed by atoms with Crippen molar-refractivity contribution >= 4 is 30.0 Å². The van der Waals surface area contributed by atoms with Crippen LogP contribution in [0.2, 0.25) is 0 Å².